The van der Waals surface area contributed by atoms with Crippen molar-refractivity contribution in [1.82, 2.24) is 0 Å². The van der Waals surface area contributed by atoms with Gasteiger partial charge in [-0.05, 0) is 24.3 Å². The molecule has 1 heterocycles. The summed E-state index contributed by atoms with van der Waals surface area (Å²) < 4.78 is 28.1. The zero-order valence-electron chi connectivity index (χ0n) is 11.0. The molecule has 1 aromatic carbocycles. The average Bonchev–Trinajstić information content (AvgIpc) is 2.85. The van der Waals surface area contributed by atoms with Gasteiger partial charge in [-0.2, -0.15) is 0 Å². The molecule has 2 N–H and O–H groups in total. The number of sulfone groups is 1. The summed E-state index contributed by atoms with van der Waals surface area (Å²) in [6.45, 7) is 0.181. The molecule has 21 heavy (non-hydrogen) atoms. The van der Waals surface area contributed by atoms with Crippen LogP contribution in [0.25, 0.3) is 0 Å². The first-order valence-electron chi connectivity index (χ1n) is 5.81. The first-order valence-corrected chi connectivity index (χ1v) is 8.08. The SMILES string of the molecule is CS(=O)(=O)c1ccc(Cl)c(NCc2cc(C(=O)O)co2)c1. The Morgan fingerprint density at radius 2 is 2.10 bits per heavy atom. The van der Waals surface area contributed by atoms with Crippen molar-refractivity contribution in [3.05, 3.63) is 46.9 Å². The normalized spacial score (nSPS) is 11.3. The number of rotatable bonds is 5. The van der Waals surface area contributed by atoms with Crippen LogP contribution in [-0.2, 0) is 16.4 Å². The zero-order valence-corrected chi connectivity index (χ0v) is 12.5. The first kappa shape index (κ1) is 15.4. The highest BCUT2D eigenvalue weighted by Gasteiger charge is 2.12. The lowest BCUT2D eigenvalue weighted by Crippen LogP contribution is -2.02. The largest absolute Gasteiger partial charge is 0.478 e. The Hall–Kier alpha value is -1.99. The van der Waals surface area contributed by atoms with Crippen LogP contribution >= 0.6 is 11.6 Å². The number of anilines is 1. The molecular weight excluding hydrogens is 318 g/mol. The van der Waals surface area contributed by atoms with Crippen LogP contribution in [0.4, 0.5) is 5.69 Å². The van der Waals surface area contributed by atoms with Gasteiger partial charge >= 0.3 is 5.97 Å². The summed E-state index contributed by atoms with van der Waals surface area (Å²) in [4.78, 5) is 10.9. The quantitative estimate of drug-likeness (QED) is 0.875. The van der Waals surface area contributed by atoms with Crippen molar-refractivity contribution in [3.63, 3.8) is 0 Å². The number of benzene rings is 1. The van der Waals surface area contributed by atoms with Gasteiger partial charge in [-0.3, -0.25) is 0 Å². The molecule has 0 saturated carbocycles. The topological polar surface area (TPSA) is 96.6 Å². The number of furan rings is 1. The Bertz CT molecular complexity index is 782. The number of carboxylic acid groups (broad SMARTS) is 1. The summed E-state index contributed by atoms with van der Waals surface area (Å²) in [5.41, 5.74) is 0.468. The molecule has 0 amide bonds. The number of hydrogen-bond donors (Lipinski definition) is 2. The fourth-order valence-electron chi connectivity index (χ4n) is 1.64. The molecule has 0 bridgehead atoms. The number of halogens is 1. The Kier molecular flexibility index (Phi) is 4.24. The molecule has 0 aliphatic heterocycles. The van der Waals surface area contributed by atoms with Gasteiger partial charge in [0, 0.05) is 6.26 Å². The van der Waals surface area contributed by atoms with Crippen molar-refractivity contribution >= 4 is 33.1 Å². The first-order chi connectivity index (χ1) is 9.77. The van der Waals surface area contributed by atoms with E-state index in [0.717, 1.165) is 12.5 Å². The number of carboxylic acids is 1. The second-order valence-electron chi connectivity index (χ2n) is 4.37. The molecular formula is C13H12ClNO5S. The minimum absolute atomic E-state index is 0.0442. The lowest BCUT2D eigenvalue weighted by molar-refractivity contribution is 0.0696. The number of hydrogen-bond acceptors (Lipinski definition) is 5. The van der Waals surface area contributed by atoms with Crippen LogP contribution < -0.4 is 5.32 Å². The third-order valence-corrected chi connectivity index (χ3v) is 4.16. The maximum Gasteiger partial charge on any atom is 0.338 e. The van der Waals surface area contributed by atoms with E-state index in [0.29, 0.717) is 16.5 Å². The van der Waals surface area contributed by atoms with Crippen LogP contribution in [-0.4, -0.2) is 25.7 Å². The van der Waals surface area contributed by atoms with Gasteiger partial charge in [0.15, 0.2) is 9.84 Å². The second kappa shape index (κ2) is 5.79. The Morgan fingerprint density at radius 3 is 2.67 bits per heavy atom. The van der Waals surface area contributed by atoms with E-state index >= 15 is 0 Å². The van der Waals surface area contributed by atoms with Gasteiger partial charge in [-0.25, -0.2) is 13.2 Å². The molecule has 0 unspecified atom stereocenters. The molecule has 0 aliphatic rings. The summed E-state index contributed by atoms with van der Waals surface area (Å²) >= 11 is 5.99. The monoisotopic (exact) mass is 329 g/mol. The van der Waals surface area contributed by atoms with Crippen molar-refractivity contribution < 1.29 is 22.7 Å². The highest BCUT2D eigenvalue weighted by molar-refractivity contribution is 7.90. The highest BCUT2D eigenvalue weighted by Crippen LogP contribution is 2.26. The van der Waals surface area contributed by atoms with E-state index in [4.69, 9.17) is 21.1 Å². The van der Waals surface area contributed by atoms with Gasteiger partial charge in [0.2, 0.25) is 0 Å². The fourth-order valence-corrected chi connectivity index (χ4v) is 2.47. The van der Waals surface area contributed by atoms with E-state index in [2.05, 4.69) is 5.32 Å². The summed E-state index contributed by atoms with van der Waals surface area (Å²) in [6.07, 6.45) is 2.24. The van der Waals surface area contributed by atoms with Crippen LogP contribution in [0.5, 0.6) is 0 Å². The fraction of sp³-hybridized carbons (Fsp3) is 0.154. The van der Waals surface area contributed by atoms with E-state index in [1.807, 2.05) is 0 Å². The molecule has 2 aromatic rings. The smallest absolute Gasteiger partial charge is 0.338 e. The Labute approximate surface area is 126 Å². The van der Waals surface area contributed by atoms with E-state index < -0.39 is 15.8 Å². The minimum atomic E-state index is -3.33. The number of carbonyl (C=O) groups is 1. The molecule has 0 radical (unpaired) electrons. The summed E-state index contributed by atoms with van der Waals surface area (Å²) in [7, 11) is -3.33. The molecule has 0 spiro atoms. The van der Waals surface area contributed by atoms with E-state index in [1.165, 1.54) is 24.3 Å². The van der Waals surface area contributed by atoms with Gasteiger partial charge in [0.05, 0.1) is 27.7 Å². The van der Waals surface area contributed by atoms with E-state index in [9.17, 15) is 13.2 Å². The zero-order chi connectivity index (χ0) is 15.6. The summed E-state index contributed by atoms with van der Waals surface area (Å²) in [6, 6.07) is 5.69. The van der Waals surface area contributed by atoms with Crippen LogP contribution in [0.15, 0.2) is 39.8 Å². The van der Waals surface area contributed by atoms with Crippen LogP contribution in [0.1, 0.15) is 16.1 Å². The number of nitrogens with one attached hydrogen (secondary N) is 1. The molecule has 112 valence electrons. The maximum absolute atomic E-state index is 11.5. The predicted molar refractivity (Wildman–Crippen MR) is 77.6 cm³/mol. The molecule has 0 saturated heterocycles. The molecule has 2 rings (SSSR count). The highest BCUT2D eigenvalue weighted by atomic mass is 35.5. The standard InChI is InChI=1S/C13H12ClNO5S/c1-21(18,19)10-2-3-11(14)12(5-10)15-6-9-4-8(7-20-9)13(16)17/h2-5,7,15H,6H2,1H3,(H,16,17). The Balaban J connectivity index is 2.17. The van der Waals surface area contributed by atoms with Gasteiger partial charge < -0.3 is 14.8 Å². The van der Waals surface area contributed by atoms with Crippen molar-refractivity contribution in [1.29, 1.82) is 0 Å². The third kappa shape index (κ3) is 3.77. The Morgan fingerprint density at radius 1 is 1.38 bits per heavy atom. The molecule has 6 nitrogen and oxygen atoms in total. The molecule has 0 atom stereocenters. The van der Waals surface area contributed by atoms with Crippen molar-refractivity contribution in [2.75, 3.05) is 11.6 Å². The molecule has 8 heteroatoms. The van der Waals surface area contributed by atoms with Crippen LogP contribution in [0.2, 0.25) is 5.02 Å². The minimum Gasteiger partial charge on any atom is -0.478 e. The van der Waals surface area contributed by atoms with E-state index in [-0.39, 0.29) is 17.0 Å². The number of aromatic carboxylic acids is 1. The van der Waals surface area contributed by atoms with Gasteiger partial charge in [0.1, 0.15) is 12.0 Å². The molecule has 0 fully saturated rings. The van der Waals surface area contributed by atoms with Crippen LogP contribution in [0.3, 0.4) is 0 Å². The third-order valence-electron chi connectivity index (χ3n) is 2.72. The van der Waals surface area contributed by atoms with Crippen molar-refractivity contribution in [2.45, 2.75) is 11.4 Å². The van der Waals surface area contributed by atoms with Gasteiger partial charge in [-0.1, -0.05) is 11.6 Å². The molecule has 0 aliphatic carbocycles. The molecule has 1 aromatic heterocycles. The van der Waals surface area contributed by atoms with Crippen molar-refractivity contribution in [3.8, 4) is 0 Å². The van der Waals surface area contributed by atoms with Crippen molar-refractivity contribution in [2.24, 2.45) is 0 Å². The predicted octanol–water partition coefficient (Wildman–Crippen LogP) is 2.65. The van der Waals surface area contributed by atoms with Crippen LogP contribution in [0, 0.1) is 0 Å². The van der Waals surface area contributed by atoms with E-state index in [1.54, 1.807) is 0 Å². The van der Waals surface area contributed by atoms with Gasteiger partial charge in [0.25, 0.3) is 0 Å². The van der Waals surface area contributed by atoms with Gasteiger partial charge in [-0.15, -0.1) is 0 Å². The lowest BCUT2D eigenvalue weighted by Gasteiger charge is -2.08. The second-order valence-corrected chi connectivity index (χ2v) is 6.80. The lowest BCUT2D eigenvalue weighted by atomic mass is 10.3. The summed E-state index contributed by atoms with van der Waals surface area (Å²) in [5.74, 6) is -0.685. The average molecular weight is 330 g/mol. The maximum atomic E-state index is 11.5. The summed E-state index contributed by atoms with van der Waals surface area (Å²) in [5, 5.41) is 12.1.